The van der Waals surface area contributed by atoms with Crippen LogP contribution < -0.4 is 15.0 Å². The van der Waals surface area contributed by atoms with Gasteiger partial charge in [-0.2, -0.15) is 0 Å². The van der Waals surface area contributed by atoms with E-state index < -0.39 is 0 Å². The second kappa shape index (κ2) is 9.49. The van der Waals surface area contributed by atoms with E-state index in [4.69, 9.17) is 9.47 Å². The van der Waals surface area contributed by atoms with Crippen LogP contribution >= 0.6 is 0 Å². The van der Waals surface area contributed by atoms with Crippen molar-refractivity contribution in [1.82, 2.24) is 4.90 Å². The fourth-order valence-electron chi connectivity index (χ4n) is 3.90. The zero-order valence-electron chi connectivity index (χ0n) is 17.8. The Morgan fingerprint density at radius 1 is 1.13 bits per heavy atom. The number of nitrogens with one attached hydrogen (secondary N) is 1. The van der Waals surface area contributed by atoms with Crippen molar-refractivity contribution < 1.29 is 14.3 Å². The van der Waals surface area contributed by atoms with Crippen LogP contribution in [0.5, 0.6) is 5.75 Å². The summed E-state index contributed by atoms with van der Waals surface area (Å²) >= 11 is 0. The Labute approximate surface area is 178 Å². The summed E-state index contributed by atoms with van der Waals surface area (Å²) in [5.41, 5.74) is 3.20. The van der Waals surface area contributed by atoms with Gasteiger partial charge in [-0.15, -0.1) is 0 Å². The molecular formula is C24H31N3O3. The van der Waals surface area contributed by atoms with Gasteiger partial charge in [-0.05, 0) is 61.7 Å². The Hall–Kier alpha value is -2.57. The van der Waals surface area contributed by atoms with Crippen LogP contribution in [0.4, 0.5) is 11.4 Å². The van der Waals surface area contributed by atoms with Gasteiger partial charge in [-0.25, -0.2) is 0 Å². The minimum absolute atomic E-state index is 0.0366. The predicted molar refractivity (Wildman–Crippen MR) is 119 cm³/mol. The second-order valence-corrected chi connectivity index (χ2v) is 8.06. The predicted octanol–water partition coefficient (Wildman–Crippen LogP) is 3.52. The maximum Gasteiger partial charge on any atom is 0.241 e. The van der Waals surface area contributed by atoms with Gasteiger partial charge in [0.05, 0.1) is 26.4 Å². The summed E-state index contributed by atoms with van der Waals surface area (Å²) < 4.78 is 10.7. The minimum Gasteiger partial charge on any atom is -0.497 e. The van der Waals surface area contributed by atoms with E-state index in [-0.39, 0.29) is 11.9 Å². The zero-order valence-corrected chi connectivity index (χ0v) is 17.8. The molecule has 1 N–H and O–H groups in total. The van der Waals surface area contributed by atoms with Gasteiger partial charge in [0.25, 0.3) is 0 Å². The number of amides is 1. The van der Waals surface area contributed by atoms with E-state index in [1.807, 2.05) is 31.2 Å². The molecule has 0 spiro atoms. The second-order valence-electron chi connectivity index (χ2n) is 8.06. The number of morpholine rings is 1. The maximum absolute atomic E-state index is 13.0. The van der Waals surface area contributed by atoms with Gasteiger partial charge in [0.1, 0.15) is 5.75 Å². The van der Waals surface area contributed by atoms with Crippen LogP contribution in [-0.2, 0) is 16.1 Å². The number of methoxy groups -OCH3 is 1. The molecule has 1 heterocycles. The molecule has 4 rings (SSSR count). The highest BCUT2D eigenvalue weighted by atomic mass is 16.5. The Kier molecular flexibility index (Phi) is 6.55. The molecule has 0 radical (unpaired) electrons. The van der Waals surface area contributed by atoms with Gasteiger partial charge in [0.15, 0.2) is 0 Å². The lowest BCUT2D eigenvalue weighted by Crippen LogP contribution is -2.43. The van der Waals surface area contributed by atoms with Crippen LogP contribution in [0.2, 0.25) is 0 Å². The molecular weight excluding hydrogens is 378 g/mol. The molecule has 6 nitrogen and oxygen atoms in total. The average molecular weight is 410 g/mol. The molecule has 0 aromatic heterocycles. The van der Waals surface area contributed by atoms with Gasteiger partial charge in [0.2, 0.25) is 5.91 Å². The Bertz CT molecular complexity index is 828. The fraction of sp³-hybridized carbons (Fsp3) is 0.458. The number of hydrogen-bond acceptors (Lipinski definition) is 5. The van der Waals surface area contributed by atoms with E-state index in [2.05, 4.69) is 39.4 Å². The molecule has 160 valence electrons. The molecule has 2 aliphatic rings. The molecule has 2 aromatic carbocycles. The summed E-state index contributed by atoms with van der Waals surface area (Å²) in [6, 6.07) is 16.5. The molecule has 1 aliphatic heterocycles. The Morgan fingerprint density at radius 3 is 2.40 bits per heavy atom. The molecule has 1 aliphatic carbocycles. The molecule has 0 bridgehead atoms. The first-order valence-corrected chi connectivity index (χ1v) is 10.8. The van der Waals surface area contributed by atoms with Crippen LogP contribution in [-0.4, -0.2) is 56.3 Å². The highest BCUT2D eigenvalue weighted by molar-refractivity contribution is 5.94. The number of hydrogen-bond donors (Lipinski definition) is 1. The van der Waals surface area contributed by atoms with Crippen LogP contribution in [0.15, 0.2) is 48.5 Å². The van der Waals surface area contributed by atoms with Gasteiger partial charge in [0, 0.05) is 37.1 Å². The number of carbonyl (C=O) groups excluding carboxylic acids is 1. The van der Waals surface area contributed by atoms with Crippen molar-refractivity contribution >= 4 is 17.3 Å². The van der Waals surface area contributed by atoms with Crippen molar-refractivity contribution in [3.05, 3.63) is 54.1 Å². The Balaban J connectivity index is 1.37. The molecule has 6 heteroatoms. The van der Waals surface area contributed by atoms with Crippen molar-refractivity contribution in [2.75, 3.05) is 43.6 Å². The Morgan fingerprint density at radius 2 is 1.80 bits per heavy atom. The highest BCUT2D eigenvalue weighted by Gasteiger charge is 2.35. The maximum atomic E-state index is 13.0. The quantitative estimate of drug-likeness (QED) is 0.723. The minimum atomic E-state index is -0.196. The number of anilines is 2. The molecule has 30 heavy (non-hydrogen) atoms. The monoisotopic (exact) mass is 409 g/mol. The molecule has 1 saturated heterocycles. The van der Waals surface area contributed by atoms with Gasteiger partial charge in [-0.1, -0.05) is 12.1 Å². The third kappa shape index (κ3) is 5.12. The van der Waals surface area contributed by atoms with Crippen LogP contribution in [0.1, 0.15) is 25.3 Å². The number of nitrogens with zero attached hydrogens (tertiary/aromatic N) is 2. The number of ether oxygens (including phenoxy) is 2. The lowest BCUT2D eigenvalue weighted by molar-refractivity contribution is -0.121. The first kappa shape index (κ1) is 20.7. The van der Waals surface area contributed by atoms with E-state index in [1.165, 1.54) is 11.3 Å². The normalized spacial score (nSPS) is 17.6. The first-order valence-electron chi connectivity index (χ1n) is 10.8. The van der Waals surface area contributed by atoms with Crippen molar-refractivity contribution in [2.24, 2.45) is 0 Å². The first-order chi connectivity index (χ1) is 14.6. The molecule has 1 atom stereocenters. The lowest BCUT2D eigenvalue weighted by Gasteiger charge is -2.29. The van der Waals surface area contributed by atoms with Crippen molar-refractivity contribution in [2.45, 2.75) is 38.4 Å². The summed E-state index contributed by atoms with van der Waals surface area (Å²) in [7, 11) is 1.67. The SMILES string of the molecule is COc1ccc(CN(C2CC2)[C@@H](C)C(=O)Nc2ccc(N3CCOCC3)cc2)cc1. The smallest absolute Gasteiger partial charge is 0.241 e. The van der Waals surface area contributed by atoms with Crippen LogP contribution in [0, 0.1) is 0 Å². The molecule has 1 saturated carbocycles. The standard InChI is InChI=1S/C24H31N3O3/c1-18(27(22-9-10-22)17-19-3-11-23(29-2)12-4-19)24(28)25-20-5-7-21(8-6-20)26-13-15-30-16-14-26/h3-8,11-12,18,22H,9-10,13-17H2,1-2H3,(H,25,28)/t18-/m0/s1. The third-order valence-corrected chi connectivity index (χ3v) is 5.93. The summed E-state index contributed by atoms with van der Waals surface area (Å²) in [4.78, 5) is 17.6. The average Bonchev–Trinajstić information content (AvgIpc) is 3.64. The molecule has 2 aromatic rings. The van der Waals surface area contributed by atoms with E-state index in [0.29, 0.717) is 6.04 Å². The van der Waals surface area contributed by atoms with E-state index >= 15 is 0 Å². The van der Waals surface area contributed by atoms with Crippen molar-refractivity contribution in [1.29, 1.82) is 0 Å². The number of rotatable bonds is 8. The summed E-state index contributed by atoms with van der Waals surface area (Å²) in [5.74, 6) is 0.887. The van der Waals surface area contributed by atoms with Crippen molar-refractivity contribution in [3.8, 4) is 5.75 Å². The summed E-state index contributed by atoms with van der Waals surface area (Å²) in [5, 5.41) is 3.10. The fourth-order valence-corrected chi connectivity index (χ4v) is 3.90. The molecule has 1 amide bonds. The number of carbonyl (C=O) groups is 1. The van der Waals surface area contributed by atoms with Gasteiger partial charge in [-0.3, -0.25) is 9.69 Å². The van der Waals surface area contributed by atoms with E-state index in [0.717, 1.165) is 57.1 Å². The zero-order chi connectivity index (χ0) is 20.9. The lowest BCUT2D eigenvalue weighted by atomic mass is 10.1. The third-order valence-electron chi connectivity index (χ3n) is 5.93. The van der Waals surface area contributed by atoms with E-state index in [1.54, 1.807) is 7.11 Å². The van der Waals surface area contributed by atoms with E-state index in [9.17, 15) is 4.79 Å². The van der Waals surface area contributed by atoms with Crippen LogP contribution in [0.3, 0.4) is 0 Å². The summed E-state index contributed by atoms with van der Waals surface area (Å²) in [6.45, 7) is 6.11. The largest absolute Gasteiger partial charge is 0.497 e. The van der Waals surface area contributed by atoms with Crippen LogP contribution in [0.25, 0.3) is 0 Å². The highest BCUT2D eigenvalue weighted by Crippen LogP contribution is 2.31. The van der Waals surface area contributed by atoms with Gasteiger partial charge < -0.3 is 19.7 Å². The molecule has 2 fully saturated rings. The summed E-state index contributed by atoms with van der Waals surface area (Å²) in [6.07, 6.45) is 2.31. The van der Waals surface area contributed by atoms with Crippen molar-refractivity contribution in [3.63, 3.8) is 0 Å². The number of benzene rings is 2. The molecule has 0 unspecified atom stereocenters. The topological polar surface area (TPSA) is 54.0 Å². The van der Waals surface area contributed by atoms with Gasteiger partial charge >= 0.3 is 0 Å².